The van der Waals surface area contributed by atoms with Crippen LogP contribution in [0.1, 0.15) is 30.1 Å². The van der Waals surface area contributed by atoms with E-state index in [0.29, 0.717) is 36.4 Å². The van der Waals surface area contributed by atoms with Gasteiger partial charge in [0, 0.05) is 25.9 Å². The van der Waals surface area contributed by atoms with Gasteiger partial charge in [-0.15, -0.1) is 0 Å². The minimum atomic E-state index is -0.378. The van der Waals surface area contributed by atoms with Gasteiger partial charge in [-0.2, -0.15) is 0 Å². The van der Waals surface area contributed by atoms with Crippen molar-refractivity contribution < 1.29 is 9.53 Å². The molecule has 1 amide bonds. The minimum Gasteiger partial charge on any atom is -0.376 e. The third-order valence-electron chi connectivity index (χ3n) is 4.89. The number of fused-ring (bicyclic) bond motifs is 2. The third kappa shape index (κ3) is 3.02. The van der Waals surface area contributed by atoms with E-state index in [2.05, 4.69) is 10.3 Å². The lowest BCUT2D eigenvalue weighted by Gasteiger charge is -2.14. The number of carbonyl (C=O) groups excluding carboxylic acids is 1. The first kappa shape index (κ1) is 17.4. The Morgan fingerprint density at radius 3 is 3.04 bits per heavy atom. The molecule has 8 nitrogen and oxygen atoms in total. The van der Waals surface area contributed by atoms with E-state index >= 15 is 0 Å². The van der Waals surface area contributed by atoms with E-state index in [1.807, 2.05) is 6.92 Å². The van der Waals surface area contributed by atoms with Gasteiger partial charge in [-0.1, -0.05) is 6.07 Å². The first-order valence-electron chi connectivity index (χ1n) is 9.09. The van der Waals surface area contributed by atoms with Gasteiger partial charge in [-0.05, 0) is 38.0 Å². The fourth-order valence-corrected chi connectivity index (χ4v) is 3.48. The quantitative estimate of drug-likeness (QED) is 0.673. The summed E-state index contributed by atoms with van der Waals surface area (Å²) in [6.45, 7) is 3.40. The van der Waals surface area contributed by atoms with Crippen LogP contribution >= 0.6 is 0 Å². The molecule has 4 rings (SSSR count). The summed E-state index contributed by atoms with van der Waals surface area (Å²) >= 11 is 0. The average Bonchev–Trinajstić information content (AvgIpc) is 3.20. The number of pyridine rings is 2. The summed E-state index contributed by atoms with van der Waals surface area (Å²) in [5.74, 6) is -0.378. The SMILES string of the molecule is CCn1c(=N)c(C(=O)NCC2CCCO2)cc2c(=O)n3ccccc3nc21. The zero-order chi connectivity index (χ0) is 19.0. The fourth-order valence-electron chi connectivity index (χ4n) is 3.48. The number of nitrogens with one attached hydrogen (secondary N) is 2. The van der Waals surface area contributed by atoms with Crippen LogP contribution in [0, 0.1) is 5.41 Å². The predicted molar refractivity (Wildman–Crippen MR) is 99.8 cm³/mol. The van der Waals surface area contributed by atoms with Crippen molar-refractivity contribution in [3.8, 4) is 0 Å². The normalized spacial score (nSPS) is 16.9. The molecule has 0 saturated carbocycles. The second-order valence-corrected chi connectivity index (χ2v) is 6.58. The van der Waals surface area contributed by atoms with E-state index in [1.165, 1.54) is 10.5 Å². The van der Waals surface area contributed by atoms with Crippen LogP contribution in [0.15, 0.2) is 35.3 Å². The molecule has 4 heterocycles. The van der Waals surface area contributed by atoms with Crippen LogP contribution in [0.4, 0.5) is 0 Å². The molecule has 2 N–H and O–H groups in total. The van der Waals surface area contributed by atoms with Crippen molar-refractivity contribution in [3.05, 3.63) is 51.9 Å². The number of aryl methyl sites for hydroxylation is 1. The average molecular weight is 367 g/mol. The largest absolute Gasteiger partial charge is 0.376 e. The van der Waals surface area contributed by atoms with Crippen LogP contribution in [0.5, 0.6) is 0 Å². The molecule has 0 radical (unpaired) electrons. The molecule has 1 fully saturated rings. The van der Waals surface area contributed by atoms with Crippen molar-refractivity contribution >= 4 is 22.6 Å². The lowest BCUT2D eigenvalue weighted by molar-refractivity contribution is 0.0856. The number of hydrogen-bond acceptors (Lipinski definition) is 5. The zero-order valence-electron chi connectivity index (χ0n) is 15.1. The molecule has 27 heavy (non-hydrogen) atoms. The molecular formula is C19H21N5O3. The maximum absolute atomic E-state index is 12.9. The Labute approximate surface area is 154 Å². The van der Waals surface area contributed by atoms with E-state index in [9.17, 15) is 9.59 Å². The Morgan fingerprint density at radius 1 is 1.44 bits per heavy atom. The lowest BCUT2D eigenvalue weighted by Crippen LogP contribution is -2.37. The van der Waals surface area contributed by atoms with Gasteiger partial charge in [0.25, 0.3) is 11.5 Å². The fraction of sp³-hybridized carbons (Fsp3) is 0.368. The molecule has 3 aromatic heterocycles. The number of nitrogens with zero attached hydrogens (tertiary/aromatic N) is 3. The molecule has 0 aromatic carbocycles. The van der Waals surface area contributed by atoms with Crippen molar-refractivity contribution in [1.82, 2.24) is 19.3 Å². The molecule has 0 spiro atoms. The number of aromatic nitrogens is 3. The highest BCUT2D eigenvalue weighted by Crippen LogP contribution is 2.12. The van der Waals surface area contributed by atoms with Gasteiger partial charge in [-0.25, -0.2) is 4.98 Å². The molecule has 0 bridgehead atoms. The van der Waals surface area contributed by atoms with Gasteiger partial charge in [-0.3, -0.25) is 19.4 Å². The number of rotatable bonds is 4. The molecule has 8 heteroatoms. The minimum absolute atomic E-state index is 0.0122. The van der Waals surface area contributed by atoms with Gasteiger partial charge >= 0.3 is 0 Å². The van der Waals surface area contributed by atoms with E-state index in [-0.39, 0.29) is 28.6 Å². The molecule has 1 saturated heterocycles. The number of hydrogen-bond donors (Lipinski definition) is 2. The second kappa shape index (κ2) is 6.96. The van der Waals surface area contributed by atoms with Gasteiger partial charge in [0.05, 0.1) is 17.1 Å². The molecule has 1 aliphatic rings. The lowest BCUT2D eigenvalue weighted by atomic mass is 10.2. The molecule has 3 aromatic rings. The molecule has 1 aliphatic heterocycles. The van der Waals surface area contributed by atoms with Gasteiger partial charge in [0.1, 0.15) is 16.8 Å². The van der Waals surface area contributed by atoms with E-state index in [0.717, 1.165) is 12.8 Å². The van der Waals surface area contributed by atoms with Crippen molar-refractivity contribution in [1.29, 1.82) is 5.41 Å². The second-order valence-electron chi connectivity index (χ2n) is 6.58. The summed E-state index contributed by atoms with van der Waals surface area (Å²) in [6, 6.07) is 6.78. The molecule has 0 aliphatic carbocycles. The van der Waals surface area contributed by atoms with Gasteiger partial charge in [0.2, 0.25) is 0 Å². The predicted octanol–water partition coefficient (Wildman–Crippen LogP) is 1.06. The number of ether oxygens (including phenoxy) is 1. The summed E-state index contributed by atoms with van der Waals surface area (Å²) in [5, 5.41) is 11.6. The molecule has 1 unspecified atom stereocenters. The third-order valence-corrected chi connectivity index (χ3v) is 4.89. The molecule has 140 valence electrons. The van der Waals surface area contributed by atoms with Gasteiger partial charge in [0.15, 0.2) is 0 Å². The maximum atomic E-state index is 12.9. The number of carbonyl (C=O) groups is 1. The van der Waals surface area contributed by atoms with Crippen LogP contribution in [0.3, 0.4) is 0 Å². The van der Waals surface area contributed by atoms with Crippen LogP contribution in [0.2, 0.25) is 0 Å². The Kier molecular flexibility index (Phi) is 4.49. The first-order valence-corrected chi connectivity index (χ1v) is 9.09. The molecule has 1 atom stereocenters. The highest BCUT2D eigenvalue weighted by molar-refractivity contribution is 5.96. The Balaban J connectivity index is 1.83. The van der Waals surface area contributed by atoms with Crippen molar-refractivity contribution in [2.45, 2.75) is 32.4 Å². The zero-order valence-corrected chi connectivity index (χ0v) is 15.1. The highest BCUT2D eigenvalue weighted by atomic mass is 16.5. The van der Waals surface area contributed by atoms with E-state index < -0.39 is 0 Å². The topological polar surface area (TPSA) is 101 Å². The summed E-state index contributed by atoms with van der Waals surface area (Å²) in [5.41, 5.74) is 0.867. The summed E-state index contributed by atoms with van der Waals surface area (Å²) in [6.07, 6.45) is 3.56. The van der Waals surface area contributed by atoms with Crippen molar-refractivity contribution in [2.75, 3.05) is 13.2 Å². The van der Waals surface area contributed by atoms with Crippen LogP contribution in [-0.4, -0.2) is 39.1 Å². The highest BCUT2D eigenvalue weighted by Gasteiger charge is 2.20. The standard InChI is InChI=1S/C19H21N5O3/c1-2-23-16(20)13(18(25)21-11-12-6-5-9-27-12)10-14-17(23)22-15-7-3-4-8-24(15)19(14)26/h3-4,7-8,10,12,20H,2,5-6,9,11H2,1H3,(H,21,25). The van der Waals surface area contributed by atoms with Gasteiger partial charge < -0.3 is 14.6 Å². The Morgan fingerprint density at radius 2 is 2.30 bits per heavy atom. The molecular weight excluding hydrogens is 346 g/mol. The monoisotopic (exact) mass is 367 g/mol. The maximum Gasteiger partial charge on any atom is 0.267 e. The number of amides is 1. The van der Waals surface area contributed by atoms with Crippen molar-refractivity contribution in [3.63, 3.8) is 0 Å². The van der Waals surface area contributed by atoms with E-state index in [4.69, 9.17) is 10.1 Å². The van der Waals surface area contributed by atoms with Crippen LogP contribution in [-0.2, 0) is 11.3 Å². The summed E-state index contributed by atoms with van der Waals surface area (Å²) in [4.78, 5) is 30.1. The van der Waals surface area contributed by atoms with Crippen molar-refractivity contribution in [2.24, 2.45) is 0 Å². The Bertz CT molecular complexity index is 1140. The first-order chi connectivity index (χ1) is 13.1. The van der Waals surface area contributed by atoms with Crippen LogP contribution in [0.25, 0.3) is 16.7 Å². The van der Waals surface area contributed by atoms with E-state index in [1.54, 1.807) is 29.0 Å². The van der Waals surface area contributed by atoms with Crippen LogP contribution < -0.4 is 16.4 Å². The Hall–Kier alpha value is -3.00. The summed E-state index contributed by atoms with van der Waals surface area (Å²) in [7, 11) is 0. The summed E-state index contributed by atoms with van der Waals surface area (Å²) < 4.78 is 8.55. The smallest absolute Gasteiger partial charge is 0.267 e.